The summed E-state index contributed by atoms with van der Waals surface area (Å²) in [7, 11) is -1.87. The summed E-state index contributed by atoms with van der Waals surface area (Å²) >= 11 is 0. The average Bonchev–Trinajstić information content (AvgIpc) is 3.01. The lowest BCUT2D eigenvalue weighted by Gasteiger charge is -2.45. The van der Waals surface area contributed by atoms with E-state index in [0.717, 1.165) is 38.5 Å². The van der Waals surface area contributed by atoms with Crippen molar-refractivity contribution in [1.82, 2.24) is 0 Å². The lowest BCUT2D eigenvalue weighted by Crippen LogP contribution is -2.48. The first-order valence-electron chi connectivity index (χ1n) is 12.8. The second kappa shape index (κ2) is 13.1. The molecule has 0 aliphatic heterocycles. The van der Waals surface area contributed by atoms with E-state index in [9.17, 15) is 9.90 Å². The minimum absolute atomic E-state index is 0.121. The van der Waals surface area contributed by atoms with Gasteiger partial charge in [0.25, 0.3) is 0 Å². The van der Waals surface area contributed by atoms with Gasteiger partial charge in [-0.1, -0.05) is 70.8 Å². The third kappa shape index (κ3) is 9.92. The molecule has 0 bridgehead atoms. The summed E-state index contributed by atoms with van der Waals surface area (Å²) in [5.74, 6) is -0.560. The molecule has 0 aromatic rings. The lowest BCUT2D eigenvalue weighted by atomic mass is 9.86. The van der Waals surface area contributed by atoms with Crippen LogP contribution in [0, 0.1) is 5.92 Å². The van der Waals surface area contributed by atoms with Crippen LogP contribution in [0.3, 0.4) is 0 Å². The van der Waals surface area contributed by atoms with E-state index in [1.165, 1.54) is 24.8 Å². The number of unbranched alkanes of at least 4 members (excludes halogenated alkanes) is 3. The minimum Gasteiger partial charge on any atom is -0.481 e. The highest BCUT2D eigenvalue weighted by molar-refractivity contribution is 6.74. The first-order valence-corrected chi connectivity index (χ1v) is 15.7. The fourth-order valence-corrected chi connectivity index (χ4v) is 6.06. The molecular formula is C27H50O4Si. The highest BCUT2D eigenvalue weighted by Crippen LogP contribution is 2.43. The molecule has 0 fully saturated rings. The fraction of sp³-hybridized carbons (Fsp3) is 0.815. The van der Waals surface area contributed by atoms with Gasteiger partial charge in [0.05, 0.1) is 11.7 Å². The zero-order valence-electron chi connectivity index (χ0n) is 21.9. The molecule has 0 aromatic carbocycles. The van der Waals surface area contributed by atoms with Gasteiger partial charge in [-0.15, -0.1) is 0 Å². The first-order chi connectivity index (χ1) is 14.8. The van der Waals surface area contributed by atoms with Crippen LogP contribution in [0.4, 0.5) is 0 Å². The van der Waals surface area contributed by atoms with Crippen molar-refractivity contribution in [3.63, 3.8) is 0 Å². The van der Waals surface area contributed by atoms with E-state index in [0.29, 0.717) is 6.42 Å². The van der Waals surface area contributed by atoms with Crippen LogP contribution in [0.15, 0.2) is 23.8 Å². The molecule has 1 rings (SSSR count). The highest BCUT2D eigenvalue weighted by atomic mass is 28.4. The van der Waals surface area contributed by atoms with Gasteiger partial charge in [-0.25, -0.2) is 0 Å². The number of aliphatic carboxylic acids is 1. The number of hydrogen-bond donors (Lipinski definition) is 2. The molecule has 32 heavy (non-hydrogen) atoms. The van der Waals surface area contributed by atoms with E-state index >= 15 is 0 Å². The van der Waals surface area contributed by atoms with Crippen LogP contribution < -0.4 is 0 Å². The van der Waals surface area contributed by atoms with Gasteiger partial charge in [0.2, 0.25) is 0 Å². The van der Waals surface area contributed by atoms with E-state index < -0.39 is 14.3 Å². The Labute approximate surface area is 198 Å². The highest BCUT2D eigenvalue weighted by Gasteiger charge is 2.43. The maximum Gasteiger partial charge on any atom is 0.303 e. The standard InChI is InChI=1S/C27H50O4Si/c1-8-9-14-20-27(5,31-32(6,7)26(2,3)4)21-19-22-17-18-24(28)23(22)15-12-10-11-13-16-25(29)30/h10,12,17,23-24,28H,8-9,11,13-16,18-21H2,1-7H3,(H,29,30)/b12-10-/t23-,24?,27?/m1/s1. The van der Waals surface area contributed by atoms with Gasteiger partial charge in [-0.2, -0.15) is 0 Å². The maximum absolute atomic E-state index is 10.6. The average molecular weight is 467 g/mol. The third-order valence-corrected chi connectivity index (χ3v) is 12.1. The third-order valence-electron chi connectivity index (χ3n) is 7.44. The largest absolute Gasteiger partial charge is 0.481 e. The van der Waals surface area contributed by atoms with Crippen molar-refractivity contribution in [3.8, 4) is 0 Å². The SMILES string of the molecule is CCCCCC(C)(CCC1=CCC(O)[C@@H]1C/C=C\CCCC(=O)O)O[Si](C)(C)C(C)(C)C. The number of carboxylic acid groups (broad SMARTS) is 1. The first kappa shape index (κ1) is 29.1. The van der Waals surface area contributed by atoms with E-state index in [1.807, 2.05) is 0 Å². The van der Waals surface area contributed by atoms with Gasteiger partial charge >= 0.3 is 5.97 Å². The number of carbonyl (C=O) groups is 1. The van der Waals surface area contributed by atoms with Crippen molar-refractivity contribution in [2.24, 2.45) is 5.92 Å². The van der Waals surface area contributed by atoms with Crippen molar-refractivity contribution in [2.45, 2.75) is 135 Å². The van der Waals surface area contributed by atoms with Crippen molar-refractivity contribution < 1.29 is 19.4 Å². The van der Waals surface area contributed by atoms with E-state index in [1.54, 1.807) is 0 Å². The van der Waals surface area contributed by atoms with Crippen molar-refractivity contribution in [1.29, 1.82) is 0 Å². The topological polar surface area (TPSA) is 66.8 Å². The number of allylic oxidation sites excluding steroid dienone is 2. The van der Waals surface area contributed by atoms with E-state index in [2.05, 4.69) is 65.9 Å². The molecule has 2 unspecified atom stereocenters. The molecule has 0 aromatic heterocycles. The lowest BCUT2D eigenvalue weighted by molar-refractivity contribution is -0.137. The van der Waals surface area contributed by atoms with Crippen LogP contribution in [-0.4, -0.2) is 36.2 Å². The number of aliphatic hydroxyl groups is 1. The zero-order chi connectivity index (χ0) is 24.4. The summed E-state index contributed by atoms with van der Waals surface area (Å²) < 4.78 is 6.99. The van der Waals surface area contributed by atoms with Gasteiger partial charge in [0, 0.05) is 12.3 Å². The Morgan fingerprint density at radius 2 is 1.84 bits per heavy atom. The Balaban J connectivity index is 2.75. The number of rotatable bonds is 15. The Morgan fingerprint density at radius 1 is 1.16 bits per heavy atom. The number of carboxylic acids is 1. The second-order valence-corrected chi connectivity index (χ2v) is 16.2. The van der Waals surface area contributed by atoms with Crippen LogP contribution >= 0.6 is 0 Å². The normalized spacial score (nSPS) is 21.7. The molecule has 0 saturated heterocycles. The van der Waals surface area contributed by atoms with E-state index in [4.69, 9.17) is 9.53 Å². The van der Waals surface area contributed by atoms with Crippen LogP contribution in [0.5, 0.6) is 0 Å². The molecule has 3 atom stereocenters. The Bertz CT molecular complexity index is 632. The Kier molecular flexibility index (Phi) is 11.9. The predicted molar refractivity (Wildman–Crippen MR) is 138 cm³/mol. The summed E-state index contributed by atoms with van der Waals surface area (Å²) in [4.78, 5) is 10.6. The van der Waals surface area contributed by atoms with Crippen molar-refractivity contribution in [3.05, 3.63) is 23.8 Å². The predicted octanol–water partition coefficient (Wildman–Crippen LogP) is 7.64. The van der Waals surface area contributed by atoms with Gasteiger partial charge in [-0.05, 0) is 70.0 Å². The molecule has 0 spiro atoms. The van der Waals surface area contributed by atoms with E-state index in [-0.39, 0.29) is 29.1 Å². The fourth-order valence-electron chi connectivity index (χ4n) is 4.32. The Morgan fingerprint density at radius 3 is 2.44 bits per heavy atom. The Hall–Kier alpha value is -0.913. The molecule has 0 amide bonds. The molecule has 0 radical (unpaired) electrons. The molecule has 1 aliphatic rings. The summed E-state index contributed by atoms with van der Waals surface area (Å²) in [6.45, 7) is 16.2. The van der Waals surface area contributed by atoms with Crippen LogP contribution in [0.2, 0.25) is 18.1 Å². The molecule has 1 aliphatic carbocycles. The van der Waals surface area contributed by atoms with Crippen LogP contribution in [0.25, 0.3) is 0 Å². The summed E-state index contributed by atoms with van der Waals surface area (Å²) in [5.41, 5.74) is 1.25. The molecule has 0 heterocycles. The van der Waals surface area contributed by atoms with Gasteiger partial charge in [0.1, 0.15) is 0 Å². The minimum atomic E-state index is -1.87. The summed E-state index contributed by atoms with van der Waals surface area (Å²) in [6, 6.07) is 0. The van der Waals surface area contributed by atoms with Gasteiger partial charge < -0.3 is 14.6 Å². The molecule has 0 saturated carbocycles. The molecule has 4 nitrogen and oxygen atoms in total. The smallest absolute Gasteiger partial charge is 0.303 e. The zero-order valence-corrected chi connectivity index (χ0v) is 22.9. The maximum atomic E-state index is 10.6. The number of aliphatic hydroxyl groups excluding tert-OH is 1. The van der Waals surface area contributed by atoms with Gasteiger partial charge in [-0.3, -0.25) is 4.79 Å². The van der Waals surface area contributed by atoms with Crippen LogP contribution in [-0.2, 0) is 9.22 Å². The monoisotopic (exact) mass is 466 g/mol. The van der Waals surface area contributed by atoms with Crippen LogP contribution in [0.1, 0.15) is 105 Å². The summed E-state index contributed by atoms with van der Waals surface area (Å²) in [5, 5.41) is 19.5. The molecule has 5 heteroatoms. The summed E-state index contributed by atoms with van der Waals surface area (Å²) in [6.07, 6.45) is 16.1. The van der Waals surface area contributed by atoms with Crippen molar-refractivity contribution >= 4 is 14.3 Å². The second-order valence-electron chi connectivity index (χ2n) is 11.5. The molecular weight excluding hydrogens is 416 g/mol. The van der Waals surface area contributed by atoms with Gasteiger partial charge in [0.15, 0.2) is 8.32 Å². The molecule has 2 N–H and O–H groups in total. The number of hydrogen-bond acceptors (Lipinski definition) is 3. The molecule has 186 valence electrons. The quantitative estimate of drug-likeness (QED) is 0.148. The van der Waals surface area contributed by atoms with Crippen molar-refractivity contribution in [2.75, 3.05) is 0 Å².